The lowest BCUT2D eigenvalue weighted by Crippen LogP contribution is -2.33. The van der Waals surface area contributed by atoms with Gasteiger partial charge >= 0.3 is 0 Å². The van der Waals surface area contributed by atoms with Crippen LogP contribution in [0.25, 0.3) is 60.6 Å². The highest BCUT2D eigenvalue weighted by atomic mass is 35.5. The Morgan fingerprint density at radius 1 is 0.615 bits per heavy atom. The molecule has 180 valence electrons. The highest BCUT2D eigenvalue weighted by Gasteiger charge is 2.22. The van der Waals surface area contributed by atoms with Gasteiger partial charge in [-0.1, -0.05) is 86.8 Å². The standard InChI is InChI=1S/C30H24B6ClNO/c31-19-11-21(33)28-24(26(19)35)25-27(36)20(32)12-22(34)29(25)38(28)15-9-17(13-4-2-1-3-5-13)30-18(10-15)16-7-6-14(37)8-23(16)39-30/h1-12H,31-36H2. The van der Waals surface area contributed by atoms with Crippen LogP contribution in [0.2, 0.25) is 5.02 Å². The highest BCUT2D eigenvalue weighted by molar-refractivity contribution is 6.62. The van der Waals surface area contributed by atoms with Crippen molar-refractivity contribution in [2.45, 2.75) is 0 Å². The van der Waals surface area contributed by atoms with Crippen molar-refractivity contribution in [3.05, 3.63) is 77.8 Å². The second-order valence-electron chi connectivity index (χ2n) is 11.0. The number of furan rings is 1. The minimum Gasteiger partial charge on any atom is -0.455 e. The van der Waals surface area contributed by atoms with E-state index in [0.717, 1.165) is 38.8 Å². The van der Waals surface area contributed by atoms with Crippen LogP contribution in [0.4, 0.5) is 0 Å². The van der Waals surface area contributed by atoms with Gasteiger partial charge in [0.25, 0.3) is 0 Å². The first-order valence-corrected chi connectivity index (χ1v) is 13.9. The van der Waals surface area contributed by atoms with Crippen molar-refractivity contribution in [2.24, 2.45) is 0 Å². The van der Waals surface area contributed by atoms with Crippen molar-refractivity contribution in [1.29, 1.82) is 0 Å². The summed E-state index contributed by atoms with van der Waals surface area (Å²) in [4.78, 5) is 0. The van der Waals surface area contributed by atoms with Crippen LogP contribution in [0.1, 0.15) is 0 Å². The Kier molecular flexibility index (Phi) is 5.44. The molecule has 0 unspecified atom stereocenters. The molecular weight excluding hydrogens is 491 g/mol. The summed E-state index contributed by atoms with van der Waals surface area (Å²) in [6, 6.07) is 25.7. The lowest BCUT2D eigenvalue weighted by atomic mass is 9.71. The average Bonchev–Trinajstić information content (AvgIpc) is 3.47. The fourth-order valence-electron chi connectivity index (χ4n) is 6.50. The SMILES string of the molecule is Bc1cc(B)c2c(c1B)c1c(B)c(B)cc(B)c1n2-c1cc(-c2ccccc2)c2oc3cc(Cl)ccc3c2c1. The van der Waals surface area contributed by atoms with Crippen LogP contribution >= 0.6 is 11.6 Å². The number of hydrogen-bond donors (Lipinski definition) is 0. The third kappa shape index (κ3) is 3.51. The molecule has 0 saturated heterocycles. The number of fused-ring (bicyclic) bond motifs is 6. The molecule has 2 nitrogen and oxygen atoms in total. The number of nitrogens with zero attached hydrogens (tertiary/aromatic N) is 1. The fraction of sp³-hybridized carbons (Fsp3) is 0. The van der Waals surface area contributed by atoms with Crippen LogP contribution in [0, 0.1) is 0 Å². The molecular formula is C30H24B6ClNO. The number of rotatable bonds is 2. The van der Waals surface area contributed by atoms with Crippen molar-refractivity contribution >= 4 is 135 Å². The first-order chi connectivity index (χ1) is 18.7. The number of halogens is 1. The van der Waals surface area contributed by atoms with Crippen LogP contribution in [0.15, 0.2) is 77.2 Å². The molecule has 0 spiro atoms. The molecule has 9 heteroatoms. The summed E-state index contributed by atoms with van der Waals surface area (Å²) in [6.45, 7) is 0. The van der Waals surface area contributed by atoms with E-state index in [-0.39, 0.29) is 0 Å². The minimum atomic E-state index is 0.674. The lowest BCUT2D eigenvalue weighted by molar-refractivity contribution is 0.670. The quantitative estimate of drug-likeness (QED) is 0.258. The molecule has 0 saturated carbocycles. The zero-order valence-electron chi connectivity index (χ0n) is 23.2. The molecule has 39 heavy (non-hydrogen) atoms. The summed E-state index contributed by atoms with van der Waals surface area (Å²) in [7, 11) is 13.5. The molecule has 7 aromatic rings. The monoisotopic (exact) mass is 515 g/mol. The number of hydrogen-bond acceptors (Lipinski definition) is 1. The van der Waals surface area contributed by atoms with E-state index >= 15 is 0 Å². The van der Waals surface area contributed by atoms with Crippen LogP contribution in [0.5, 0.6) is 0 Å². The second kappa shape index (κ2) is 8.69. The van der Waals surface area contributed by atoms with Crippen LogP contribution in [-0.2, 0) is 0 Å². The Morgan fingerprint density at radius 3 is 1.85 bits per heavy atom. The molecule has 0 N–H and O–H groups in total. The van der Waals surface area contributed by atoms with Gasteiger partial charge in [-0.15, -0.1) is 0 Å². The molecule has 2 heterocycles. The van der Waals surface area contributed by atoms with Gasteiger partial charge in [0.05, 0.1) is 0 Å². The zero-order valence-corrected chi connectivity index (χ0v) is 23.9. The maximum Gasteiger partial charge on any atom is 0.143 e. The summed E-state index contributed by atoms with van der Waals surface area (Å²) in [5.41, 5.74) is 15.5. The van der Waals surface area contributed by atoms with E-state index in [1.54, 1.807) is 0 Å². The molecule has 2 aromatic heterocycles. The average molecular weight is 515 g/mol. The molecule has 0 amide bonds. The van der Waals surface area contributed by atoms with Gasteiger partial charge in [0.1, 0.15) is 58.2 Å². The van der Waals surface area contributed by atoms with Gasteiger partial charge in [-0.25, -0.2) is 0 Å². The minimum absolute atomic E-state index is 0.674. The van der Waals surface area contributed by atoms with E-state index in [1.165, 1.54) is 54.6 Å². The second-order valence-corrected chi connectivity index (χ2v) is 11.5. The first-order valence-electron chi connectivity index (χ1n) is 13.5. The van der Waals surface area contributed by atoms with Gasteiger partial charge in [-0.3, -0.25) is 0 Å². The Hall–Kier alpha value is -3.62. The molecule has 5 aromatic carbocycles. The highest BCUT2D eigenvalue weighted by Crippen LogP contribution is 2.40. The lowest BCUT2D eigenvalue weighted by Gasteiger charge is -2.15. The first kappa shape index (κ1) is 24.4. The summed E-state index contributed by atoms with van der Waals surface area (Å²) >= 11 is 6.37. The Balaban J connectivity index is 1.72. The van der Waals surface area contributed by atoms with Crippen molar-refractivity contribution in [3.63, 3.8) is 0 Å². The molecule has 0 aliphatic carbocycles. The van der Waals surface area contributed by atoms with Crippen LogP contribution < -0.4 is 32.8 Å². The Morgan fingerprint density at radius 2 is 1.23 bits per heavy atom. The predicted octanol–water partition coefficient (Wildman–Crippen LogP) is -1.45. The maximum atomic E-state index is 6.49. The fourth-order valence-corrected chi connectivity index (χ4v) is 6.66. The summed E-state index contributed by atoms with van der Waals surface area (Å²) in [6.07, 6.45) is 0. The normalized spacial score (nSPS) is 11.8. The molecule has 0 atom stereocenters. The van der Waals surface area contributed by atoms with Gasteiger partial charge in [-0.05, 0) is 40.6 Å². The van der Waals surface area contributed by atoms with Gasteiger partial charge < -0.3 is 8.98 Å². The maximum absolute atomic E-state index is 6.49. The topological polar surface area (TPSA) is 18.1 Å². The smallest absolute Gasteiger partial charge is 0.143 e. The molecule has 0 aliphatic heterocycles. The van der Waals surface area contributed by atoms with E-state index in [9.17, 15) is 0 Å². The third-order valence-electron chi connectivity index (χ3n) is 8.58. The summed E-state index contributed by atoms with van der Waals surface area (Å²) in [5, 5.41) is 5.56. The van der Waals surface area contributed by atoms with Crippen molar-refractivity contribution in [2.75, 3.05) is 0 Å². The van der Waals surface area contributed by atoms with E-state index in [1.807, 2.05) is 12.1 Å². The van der Waals surface area contributed by atoms with E-state index in [4.69, 9.17) is 16.0 Å². The molecule has 0 radical (unpaired) electrons. The van der Waals surface area contributed by atoms with E-state index in [0.29, 0.717) is 5.02 Å². The predicted molar refractivity (Wildman–Crippen MR) is 188 cm³/mol. The third-order valence-corrected chi connectivity index (χ3v) is 8.81. The Bertz CT molecular complexity index is 2080. The molecule has 0 aliphatic rings. The number of benzene rings is 5. The van der Waals surface area contributed by atoms with Gasteiger partial charge in [0.2, 0.25) is 0 Å². The molecule has 7 rings (SSSR count). The van der Waals surface area contributed by atoms with Crippen molar-refractivity contribution in [3.8, 4) is 16.8 Å². The zero-order chi connectivity index (χ0) is 27.2. The number of aromatic nitrogens is 1. The van der Waals surface area contributed by atoms with Gasteiger partial charge in [-0.2, -0.15) is 0 Å². The van der Waals surface area contributed by atoms with E-state index in [2.05, 4.69) is 112 Å². The Labute approximate surface area is 238 Å². The van der Waals surface area contributed by atoms with Crippen molar-refractivity contribution < 1.29 is 4.42 Å². The van der Waals surface area contributed by atoms with Gasteiger partial charge in [0, 0.05) is 44.1 Å². The summed E-state index contributed by atoms with van der Waals surface area (Å²) in [5.74, 6) is 0. The largest absolute Gasteiger partial charge is 0.455 e. The van der Waals surface area contributed by atoms with Crippen LogP contribution in [-0.4, -0.2) is 51.6 Å². The van der Waals surface area contributed by atoms with Crippen LogP contribution in [0.3, 0.4) is 0 Å². The van der Waals surface area contributed by atoms with Crippen molar-refractivity contribution in [1.82, 2.24) is 4.57 Å². The molecule has 0 bridgehead atoms. The van der Waals surface area contributed by atoms with Gasteiger partial charge in [0.15, 0.2) is 0 Å². The molecule has 0 fully saturated rings. The van der Waals surface area contributed by atoms with E-state index < -0.39 is 0 Å². The summed E-state index contributed by atoms with van der Waals surface area (Å²) < 4.78 is 8.98.